The van der Waals surface area contributed by atoms with E-state index >= 15 is 0 Å². The Morgan fingerprint density at radius 2 is 1.00 bits per heavy atom. The zero-order valence-electron chi connectivity index (χ0n) is 16.2. The van der Waals surface area contributed by atoms with Crippen LogP contribution >= 0.6 is 0 Å². The molecule has 30 heavy (non-hydrogen) atoms. The highest BCUT2D eigenvalue weighted by molar-refractivity contribution is 6.12. The van der Waals surface area contributed by atoms with Crippen LogP contribution in [0.25, 0.3) is 11.1 Å². The lowest BCUT2D eigenvalue weighted by atomic mass is 10.0. The van der Waals surface area contributed by atoms with Gasteiger partial charge in [0.15, 0.2) is 0 Å². The van der Waals surface area contributed by atoms with Gasteiger partial charge in [-0.2, -0.15) is 0 Å². The Hall–Kier alpha value is -4.18. The standard InChI is InChI=1S/C26H20N2O2/c29-25(20-13-6-2-7-14-20)27-23-18-10-17-22(19-11-4-1-5-12-19)24(23)28-26(30)21-15-8-3-9-16-21/h1-18H,(H,27,29)(H,28,30). The molecule has 0 aliphatic rings. The predicted molar refractivity (Wildman–Crippen MR) is 121 cm³/mol. The number of amides is 2. The van der Waals surface area contributed by atoms with E-state index in [-0.39, 0.29) is 11.8 Å². The van der Waals surface area contributed by atoms with Crippen molar-refractivity contribution >= 4 is 23.2 Å². The molecule has 0 aliphatic carbocycles. The first-order chi connectivity index (χ1) is 14.7. The SMILES string of the molecule is O=C(Nc1cccc(-c2ccccc2)c1NC(=O)c1ccccc1)c1ccccc1. The van der Waals surface area contributed by atoms with Crippen LogP contribution in [-0.2, 0) is 0 Å². The van der Waals surface area contributed by atoms with Crippen molar-refractivity contribution in [2.24, 2.45) is 0 Å². The summed E-state index contributed by atoms with van der Waals surface area (Å²) in [7, 11) is 0. The Labute approximate surface area is 175 Å². The van der Waals surface area contributed by atoms with Crippen LogP contribution < -0.4 is 10.6 Å². The van der Waals surface area contributed by atoms with Gasteiger partial charge < -0.3 is 10.6 Å². The average Bonchev–Trinajstić information content (AvgIpc) is 2.81. The summed E-state index contributed by atoms with van der Waals surface area (Å²) >= 11 is 0. The molecule has 4 nitrogen and oxygen atoms in total. The van der Waals surface area contributed by atoms with Crippen LogP contribution in [0.2, 0.25) is 0 Å². The molecule has 0 atom stereocenters. The molecule has 0 aliphatic heterocycles. The van der Waals surface area contributed by atoms with Gasteiger partial charge in [-0.25, -0.2) is 0 Å². The monoisotopic (exact) mass is 392 g/mol. The van der Waals surface area contributed by atoms with Crippen LogP contribution in [0.1, 0.15) is 20.7 Å². The summed E-state index contributed by atoms with van der Waals surface area (Å²) in [4.78, 5) is 25.6. The summed E-state index contributed by atoms with van der Waals surface area (Å²) in [5.74, 6) is -0.481. The Bertz CT molecular complexity index is 1160. The maximum absolute atomic E-state index is 12.9. The van der Waals surface area contributed by atoms with Crippen LogP contribution in [0.3, 0.4) is 0 Å². The van der Waals surface area contributed by atoms with Gasteiger partial charge in [-0.05, 0) is 35.9 Å². The highest BCUT2D eigenvalue weighted by Crippen LogP contribution is 2.35. The van der Waals surface area contributed by atoms with E-state index in [2.05, 4.69) is 10.6 Å². The Kier molecular flexibility index (Phi) is 5.67. The second-order valence-corrected chi connectivity index (χ2v) is 6.73. The fourth-order valence-electron chi connectivity index (χ4n) is 3.21. The van der Waals surface area contributed by atoms with E-state index in [1.165, 1.54) is 0 Å². The van der Waals surface area contributed by atoms with Gasteiger partial charge >= 0.3 is 0 Å². The van der Waals surface area contributed by atoms with Crippen molar-refractivity contribution < 1.29 is 9.59 Å². The first kappa shape index (κ1) is 19.2. The fourth-order valence-corrected chi connectivity index (χ4v) is 3.21. The van der Waals surface area contributed by atoms with Gasteiger partial charge in [-0.3, -0.25) is 9.59 Å². The quantitative estimate of drug-likeness (QED) is 0.447. The van der Waals surface area contributed by atoms with Crippen molar-refractivity contribution in [1.82, 2.24) is 0 Å². The van der Waals surface area contributed by atoms with E-state index in [9.17, 15) is 9.59 Å². The highest BCUT2D eigenvalue weighted by atomic mass is 16.2. The average molecular weight is 392 g/mol. The molecule has 0 saturated carbocycles. The van der Waals surface area contributed by atoms with Gasteiger partial charge in [-0.15, -0.1) is 0 Å². The van der Waals surface area contributed by atoms with Crippen LogP contribution in [0.4, 0.5) is 11.4 Å². The second-order valence-electron chi connectivity index (χ2n) is 6.73. The summed E-state index contributed by atoms with van der Waals surface area (Å²) < 4.78 is 0. The topological polar surface area (TPSA) is 58.2 Å². The fraction of sp³-hybridized carbons (Fsp3) is 0. The number of benzene rings is 4. The largest absolute Gasteiger partial charge is 0.320 e. The summed E-state index contributed by atoms with van der Waals surface area (Å²) in [5.41, 5.74) is 3.95. The molecule has 2 amide bonds. The molecule has 4 heteroatoms. The molecule has 4 aromatic carbocycles. The first-order valence-electron chi connectivity index (χ1n) is 9.63. The lowest BCUT2D eigenvalue weighted by molar-refractivity contribution is 0.101. The molecule has 0 spiro atoms. The summed E-state index contributed by atoms with van der Waals surface area (Å²) in [6, 6.07) is 33.3. The summed E-state index contributed by atoms with van der Waals surface area (Å²) in [6.07, 6.45) is 0. The highest BCUT2D eigenvalue weighted by Gasteiger charge is 2.16. The smallest absolute Gasteiger partial charge is 0.255 e. The van der Waals surface area contributed by atoms with Crippen molar-refractivity contribution in [3.8, 4) is 11.1 Å². The van der Waals surface area contributed by atoms with Crippen molar-refractivity contribution in [2.45, 2.75) is 0 Å². The van der Waals surface area contributed by atoms with Gasteiger partial charge in [0.25, 0.3) is 11.8 Å². The number of hydrogen-bond donors (Lipinski definition) is 2. The number of anilines is 2. The summed E-state index contributed by atoms with van der Waals surface area (Å²) in [5, 5.41) is 5.94. The molecule has 0 saturated heterocycles. The zero-order chi connectivity index (χ0) is 20.8. The molecule has 0 fully saturated rings. The van der Waals surface area contributed by atoms with Crippen LogP contribution in [0.15, 0.2) is 109 Å². The summed E-state index contributed by atoms with van der Waals surface area (Å²) in [6.45, 7) is 0. The van der Waals surface area contributed by atoms with Gasteiger partial charge in [0, 0.05) is 16.7 Å². The van der Waals surface area contributed by atoms with E-state index in [4.69, 9.17) is 0 Å². The third-order valence-corrected chi connectivity index (χ3v) is 4.71. The third kappa shape index (κ3) is 4.28. The minimum atomic E-state index is -0.241. The van der Waals surface area contributed by atoms with Crippen molar-refractivity contribution in [2.75, 3.05) is 10.6 Å². The van der Waals surface area contributed by atoms with Gasteiger partial charge in [0.05, 0.1) is 11.4 Å². The van der Waals surface area contributed by atoms with E-state index < -0.39 is 0 Å². The number of hydrogen-bond acceptors (Lipinski definition) is 2. The minimum Gasteiger partial charge on any atom is -0.320 e. The van der Waals surface area contributed by atoms with E-state index in [0.717, 1.165) is 11.1 Å². The first-order valence-corrected chi connectivity index (χ1v) is 9.63. The van der Waals surface area contributed by atoms with Crippen molar-refractivity contribution in [3.05, 3.63) is 120 Å². The molecule has 0 heterocycles. The lowest BCUT2D eigenvalue weighted by Crippen LogP contribution is -2.17. The van der Waals surface area contributed by atoms with Gasteiger partial charge in [-0.1, -0.05) is 78.9 Å². The predicted octanol–water partition coefficient (Wildman–Crippen LogP) is 5.86. The molecular formula is C26H20N2O2. The molecule has 146 valence electrons. The van der Waals surface area contributed by atoms with Crippen LogP contribution in [0.5, 0.6) is 0 Å². The Morgan fingerprint density at radius 3 is 1.57 bits per heavy atom. The molecule has 4 aromatic rings. The molecule has 4 rings (SSSR count). The van der Waals surface area contributed by atoms with Crippen molar-refractivity contribution in [1.29, 1.82) is 0 Å². The lowest BCUT2D eigenvalue weighted by Gasteiger charge is -2.17. The molecule has 0 radical (unpaired) electrons. The zero-order valence-corrected chi connectivity index (χ0v) is 16.2. The molecule has 0 aromatic heterocycles. The van der Waals surface area contributed by atoms with Gasteiger partial charge in [0.1, 0.15) is 0 Å². The van der Waals surface area contributed by atoms with E-state index in [1.807, 2.05) is 78.9 Å². The molecule has 0 bridgehead atoms. The molecule has 0 unspecified atom stereocenters. The number of carbonyl (C=O) groups excluding carboxylic acids is 2. The van der Waals surface area contributed by atoms with Crippen LogP contribution in [-0.4, -0.2) is 11.8 Å². The third-order valence-electron chi connectivity index (χ3n) is 4.71. The van der Waals surface area contributed by atoms with E-state index in [1.54, 1.807) is 30.3 Å². The van der Waals surface area contributed by atoms with Gasteiger partial charge in [0.2, 0.25) is 0 Å². The Balaban J connectivity index is 1.74. The number of para-hydroxylation sites is 1. The maximum Gasteiger partial charge on any atom is 0.255 e. The molecular weight excluding hydrogens is 372 g/mol. The number of rotatable bonds is 5. The van der Waals surface area contributed by atoms with E-state index in [0.29, 0.717) is 22.5 Å². The maximum atomic E-state index is 12.9. The van der Waals surface area contributed by atoms with Crippen molar-refractivity contribution in [3.63, 3.8) is 0 Å². The molecule has 2 N–H and O–H groups in total. The second kappa shape index (κ2) is 8.88. The minimum absolute atomic E-state index is 0.240. The number of nitrogens with one attached hydrogen (secondary N) is 2. The normalized spacial score (nSPS) is 10.3. The Morgan fingerprint density at radius 1 is 0.500 bits per heavy atom. The van der Waals surface area contributed by atoms with Crippen LogP contribution in [0, 0.1) is 0 Å². The number of carbonyl (C=O) groups is 2.